The Hall–Kier alpha value is -2.71. The summed E-state index contributed by atoms with van der Waals surface area (Å²) >= 11 is 1.32. The van der Waals surface area contributed by atoms with Crippen LogP contribution in [0.1, 0.15) is 27.2 Å². The lowest BCUT2D eigenvalue weighted by Gasteiger charge is -2.23. The summed E-state index contributed by atoms with van der Waals surface area (Å²) in [7, 11) is 0. The maximum atomic E-state index is 12.7. The van der Waals surface area contributed by atoms with Crippen LogP contribution in [0.15, 0.2) is 48.4 Å². The number of hydrogen-bond donors (Lipinski definition) is 2. The molecule has 0 bridgehead atoms. The molecule has 0 fully saturated rings. The number of alkyl carbamates (subject to hydrolysis) is 1. The second-order valence-corrected chi connectivity index (χ2v) is 8.10. The Morgan fingerprint density at radius 3 is 2.66 bits per heavy atom. The Morgan fingerprint density at radius 1 is 1.28 bits per heavy atom. The number of amides is 2. The lowest BCUT2D eigenvalue weighted by molar-refractivity contribution is -0.118. The molecule has 1 aromatic carbocycles. The maximum Gasteiger partial charge on any atom is 0.408 e. The highest BCUT2D eigenvalue weighted by atomic mass is 32.1. The molecule has 2 N–H and O–H groups in total. The van der Waals surface area contributed by atoms with Crippen LogP contribution in [0.2, 0.25) is 0 Å². The summed E-state index contributed by atoms with van der Waals surface area (Å²) in [5.41, 5.74) is 1.08. The standard InChI is InChI=1S/C21H27N3O4S/c1-5-12-27-13-11-16(23-20(26)28-21(2,3)4)18(25)24-19-22-17(14-29-19)15-9-7-6-8-10-15/h5-10,14,16H,1,11-13H2,2-4H3,(H,23,26)(H,22,24,25)/t16-/m0/s1. The SMILES string of the molecule is C=CCOCC[C@H](NC(=O)OC(C)(C)C)C(=O)Nc1nc(-c2ccccc2)cs1. The molecule has 0 spiro atoms. The van der Waals surface area contributed by atoms with Crippen LogP contribution in [-0.2, 0) is 14.3 Å². The largest absolute Gasteiger partial charge is 0.444 e. The summed E-state index contributed by atoms with van der Waals surface area (Å²) in [5.74, 6) is -0.382. The molecule has 0 aliphatic rings. The first-order chi connectivity index (χ1) is 13.8. The van der Waals surface area contributed by atoms with Crippen LogP contribution in [0.4, 0.5) is 9.93 Å². The van der Waals surface area contributed by atoms with Gasteiger partial charge in [0.15, 0.2) is 5.13 Å². The van der Waals surface area contributed by atoms with Gasteiger partial charge in [0.1, 0.15) is 11.6 Å². The Labute approximate surface area is 175 Å². The lowest BCUT2D eigenvalue weighted by atomic mass is 10.2. The number of thiazole rings is 1. The summed E-state index contributed by atoms with van der Waals surface area (Å²) in [6, 6.07) is 8.86. The van der Waals surface area contributed by atoms with Crippen LogP contribution in [0.5, 0.6) is 0 Å². The quantitative estimate of drug-likeness (QED) is 0.471. The molecular weight excluding hydrogens is 390 g/mol. The maximum absolute atomic E-state index is 12.7. The van der Waals surface area contributed by atoms with E-state index in [4.69, 9.17) is 9.47 Å². The van der Waals surface area contributed by atoms with Crippen molar-refractivity contribution < 1.29 is 19.1 Å². The molecule has 0 saturated heterocycles. The lowest BCUT2D eigenvalue weighted by Crippen LogP contribution is -2.46. The number of rotatable bonds is 9. The van der Waals surface area contributed by atoms with Crippen LogP contribution < -0.4 is 10.6 Å². The van der Waals surface area contributed by atoms with Gasteiger partial charge in [-0.1, -0.05) is 36.4 Å². The number of nitrogens with zero attached hydrogens (tertiary/aromatic N) is 1. The van der Waals surface area contributed by atoms with E-state index in [0.717, 1.165) is 11.3 Å². The van der Waals surface area contributed by atoms with E-state index in [-0.39, 0.29) is 18.9 Å². The van der Waals surface area contributed by atoms with Crippen LogP contribution >= 0.6 is 11.3 Å². The Balaban J connectivity index is 2.02. The first-order valence-electron chi connectivity index (χ1n) is 9.28. The average Bonchev–Trinajstić information content (AvgIpc) is 3.12. The third kappa shape index (κ3) is 8.05. The van der Waals surface area contributed by atoms with Crippen molar-refractivity contribution in [1.29, 1.82) is 0 Å². The fourth-order valence-electron chi connectivity index (χ4n) is 2.35. The number of carbonyl (C=O) groups excluding carboxylic acids is 2. The van der Waals surface area contributed by atoms with Gasteiger partial charge in [-0.25, -0.2) is 9.78 Å². The van der Waals surface area contributed by atoms with Gasteiger partial charge < -0.3 is 20.1 Å². The normalized spacial score (nSPS) is 12.1. The molecule has 1 heterocycles. The predicted molar refractivity (Wildman–Crippen MR) is 115 cm³/mol. The smallest absolute Gasteiger partial charge is 0.408 e. The number of benzene rings is 1. The molecule has 8 heteroatoms. The van der Waals surface area contributed by atoms with Gasteiger partial charge in [-0.15, -0.1) is 17.9 Å². The molecule has 2 aromatic rings. The zero-order chi connectivity index (χ0) is 21.3. The topological polar surface area (TPSA) is 89.5 Å². The number of carbonyl (C=O) groups is 2. The molecule has 29 heavy (non-hydrogen) atoms. The van der Waals surface area contributed by atoms with Crippen LogP contribution in [0, 0.1) is 0 Å². The molecule has 0 radical (unpaired) electrons. The van der Waals surface area contributed by atoms with Gasteiger partial charge in [-0.2, -0.15) is 0 Å². The minimum atomic E-state index is -0.821. The molecule has 7 nitrogen and oxygen atoms in total. The summed E-state index contributed by atoms with van der Waals surface area (Å²) in [4.78, 5) is 29.3. The summed E-state index contributed by atoms with van der Waals surface area (Å²) in [6.45, 7) is 9.52. The van der Waals surface area contributed by atoms with E-state index in [0.29, 0.717) is 11.7 Å². The summed E-state index contributed by atoms with van der Waals surface area (Å²) in [5, 5.41) is 7.70. The van der Waals surface area contributed by atoms with E-state index in [1.165, 1.54) is 11.3 Å². The van der Waals surface area contributed by atoms with Crippen molar-refractivity contribution in [2.45, 2.75) is 38.8 Å². The molecule has 0 saturated carbocycles. The number of nitrogens with one attached hydrogen (secondary N) is 2. The van der Waals surface area contributed by atoms with Crippen molar-refractivity contribution in [1.82, 2.24) is 10.3 Å². The van der Waals surface area contributed by atoms with Gasteiger partial charge in [0.05, 0.1) is 12.3 Å². The van der Waals surface area contributed by atoms with Gasteiger partial charge in [-0.3, -0.25) is 4.79 Å². The fourth-order valence-corrected chi connectivity index (χ4v) is 3.07. The van der Waals surface area contributed by atoms with Crippen LogP contribution in [0.3, 0.4) is 0 Å². The van der Waals surface area contributed by atoms with Crippen molar-refractivity contribution in [3.05, 3.63) is 48.4 Å². The van der Waals surface area contributed by atoms with Gasteiger partial charge in [-0.05, 0) is 20.8 Å². The van der Waals surface area contributed by atoms with Crippen molar-refractivity contribution in [2.24, 2.45) is 0 Å². The second-order valence-electron chi connectivity index (χ2n) is 7.24. The molecule has 2 rings (SSSR count). The molecule has 0 aliphatic carbocycles. The zero-order valence-electron chi connectivity index (χ0n) is 16.9. The predicted octanol–water partition coefficient (Wildman–Crippen LogP) is 4.23. The molecule has 0 unspecified atom stereocenters. The Morgan fingerprint density at radius 2 is 2.00 bits per heavy atom. The number of aromatic nitrogens is 1. The van der Waals surface area contributed by atoms with E-state index in [2.05, 4.69) is 22.2 Å². The molecule has 156 valence electrons. The monoisotopic (exact) mass is 417 g/mol. The Kier molecular flexibility index (Phi) is 8.35. The van der Waals surface area contributed by atoms with E-state index in [1.54, 1.807) is 26.8 Å². The fraction of sp³-hybridized carbons (Fsp3) is 0.381. The highest BCUT2D eigenvalue weighted by molar-refractivity contribution is 7.14. The van der Waals surface area contributed by atoms with Crippen molar-refractivity contribution in [2.75, 3.05) is 18.5 Å². The third-order valence-corrected chi connectivity index (χ3v) is 4.36. The zero-order valence-corrected chi connectivity index (χ0v) is 17.8. The van der Waals surface area contributed by atoms with E-state index in [9.17, 15) is 9.59 Å². The minimum Gasteiger partial charge on any atom is -0.444 e. The first kappa shape index (κ1) is 22.6. The second kappa shape index (κ2) is 10.7. The van der Waals surface area contributed by atoms with Crippen LogP contribution in [-0.4, -0.2) is 41.8 Å². The minimum absolute atomic E-state index is 0.285. The number of ether oxygens (including phenoxy) is 2. The van der Waals surface area contributed by atoms with Crippen molar-refractivity contribution in [3.8, 4) is 11.3 Å². The highest BCUT2D eigenvalue weighted by Crippen LogP contribution is 2.24. The third-order valence-electron chi connectivity index (χ3n) is 3.60. The van der Waals surface area contributed by atoms with Gasteiger partial charge in [0.25, 0.3) is 0 Å². The van der Waals surface area contributed by atoms with E-state index in [1.807, 2.05) is 35.7 Å². The molecule has 0 aliphatic heterocycles. The first-order valence-corrected chi connectivity index (χ1v) is 10.2. The van der Waals surface area contributed by atoms with Crippen molar-refractivity contribution >= 4 is 28.5 Å². The van der Waals surface area contributed by atoms with Crippen LogP contribution in [0.25, 0.3) is 11.3 Å². The molecule has 2 amide bonds. The number of anilines is 1. The molecule has 1 aromatic heterocycles. The summed E-state index contributed by atoms with van der Waals surface area (Å²) < 4.78 is 10.6. The average molecular weight is 418 g/mol. The van der Waals surface area contributed by atoms with E-state index < -0.39 is 17.7 Å². The van der Waals surface area contributed by atoms with Gasteiger partial charge in [0.2, 0.25) is 5.91 Å². The Bertz CT molecular complexity index is 815. The summed E-state index contributed by atoms with van der Waals surface area (Å²) in [6.07, 6.45) is 1.25. The van der Waals surface area contributed by atoms with E-state index >= 15 is 0 Å². The van der Waals surface area contributed by atoms with Gasteiger partial charge >= 0.3 is 6.09 Å². The number of hydrogen-bond acceptors (Lipinski definition) is 6. The van der Waals surface area contributed by atoms with Gasteiger partial charge in [0, 0.05) is 24.0 Å². The highest BCUT2D eigenvalue weighted by Gasteiger charge is 2.25. The molecule has 1 atom stereocenters. The molecular formula is C21H27N3O4S. The van der Waals surface area contributed by atoms with Crippen molar-refractivity contribution in [3.63, 3.8) is 0 Å².